The number of aliphatic hydroxyl groups excluding tert-OH is 3. The summed E-state index contributed by atoms with van der Waals surface area (Å²) >= 11 is 0. The summed E-state index contributed by atoms with van der Waals surface area (Å²) in [6.45, 7) is 2.06. The molecule has 0 spiro atoms. The van der Waals surface area contributed by atoms with Crippen molar-refractivity contribution in [1.29, 1.82) is 0 Å². The van der Waals surface area contributed by atoms with Crippen molar-refractivity contribution >= 4 is 6.29 Å². The smallest absolute Gasteiger partial charge is 0.241 e. The lowest BCUT2D eigenvalue weighted by Gasteiger charge is -2.23. The van der Waals surface area contributed by atoms with E-state index < -0.39 is 64.0 Å². The molecule has 0 bridgehead atoms. The van der Waals surface area contributed by atoms with Gasteiger partial charge in [-0.3, -0.25) is 35.1 Å². The van der Waals surface area contributed by atoms with Crippen LogP contribution in [0.25, 0.3) is 0 Å². The third-order valence-electron chi connectivity index (χ3n) is 5.74. The van der Waals surface area contributed by atoms with Gasteiger partial charge in [-0.05, 0) is 12.8 Å². The first-order valence-electron chi connectivity index (χ1n) is 11.4. The lowest BCUT2D eigenvalue weighted by atomic mass is 9.92. The SMILES string of the molecule is CCCCCCCCC(C(O)CC(O)C(CC(O)C(CCC[C]=O)[N+](=O)[O-])[N+](=O)[O-])[N+](=O)[O-]. The van der Waals surface area contributed by atoms with Gasteiger partial charge >= 0.3 is 0 Å². The third-order valence-corrected chi connectivity index (χ3v) is 5.74. The number of nitrogens with zero attached hydrogens (tertiary/aromatic N) is 3. The molecule has 191 valence electrons. The number of unbranched alkanes of at least 4 members (excludes halogenated alkanes) is 6. The van der Waals surface area contributed by atoms with Crippen LogP contribution in [0.5, 0.6) is 0 Å². The summed E-state index contributed by atoms with van der Waals surface area (Å²) in [5.74, 6) is 0. The van der Waals surface area contributed by atoms with E-state index in [9.17, 15) is 50.5 Å². The lowest BCUT2D eigenvalue weighted by Crippen LogP contribution is -2.45. The quantitative estimate of drug-likeness (QED) is 0.124. The summed E-state index contributed by atoms with van der Waals surface area (Å²) in [4.78, 5) is 41.8. The number of carbonyl (C=O) groups excluding carboxylic acids is 1. The standard InChI is InChI=1S/C20H36N3O10/c1-2-3-4-5-6-7-10-16(22(30)31)19(26)14-20(27)17(23(32)33)13-18(25)15(21(28)29)11-8-9-12-24/h15-20,25-27H,2-11,13-14H2,1H3. The second-order valence-electron chi connectivity index (χ2n) is 8.32. The summed E-state index contributed by atoms with van der Waals surface area (Å²) in [5.41, 5.74) is 0. The fourth-order valence-corrected chi connectivity index (χ4v) is 3.74. The first-order chi connectivity index (χ1) is 15.6. The van der Waals surface area contributed by atoms with Crippen LogP contribution in [0, 0.1) is 30.3 Å². The van der Waals surface area contributed by atoms with Gasteiger partial charge in [-0.1, -0.05) is 39.0 Å². The molecule has 3 N–H and O–H groups in total. The maximum absolute atomic E-state index is 11.4. The van der Waals surface area contributed by atoms with Gasteiger partial charge in [0.2, 0.25) is 18.1 Å². The van der Waals surface area contributed by atoms with Gasteiger partial charge in [0.05, 0.1) is 6.42 Å². The van der Waals surface area contributed by atoms with Gasteiger partial charge in [-0.25, -0.2) is 0 Å². The van der Waals surface area contributed by atoms with Gasteiger partial charge < -0.3 is 15.3 Å². The zero-order valence-electron chi connectivity index (χ0n) is 19.0. The van der Waals surface area contributed by atoms with Crippen LogP contribution in [0.4, 0.5) is 0 Å². The highest BCUT2D eigenvalue weighted by molar-refractivity contribution is 5.50. The molecule has 0 saturated carbocycles. The van der Waals surface area contributed by atoms with Crippen LogP contribution in [0.15, 0.2) is 0 Å². The molecule has 0 aliphatic carbocycles. The molecule has 0 aromatic heterocycles. The Kier molecular flexibility index (Phi) is 16.1. The minimum Gasteiger partial charge on any atom is -0.386 e. The molecule has 13 heteroatoms. The molecule has 0 heterocycles. The molecule has 0 aliphatic heterocycles. The first-order valence-corrected chi connectivity index (χ1v) is 11.4. The molecule has 6 unspecified atom stereocenters. The van der Waals surface area contributed by atoms with E-state index in [2.05, 4.69) is 6.92 Å². The summed E-state index contributed by atoms with van der Waals surface area (Å²) < 4.78 is 0. The second-order valence-corrected chi connectivity index (χ2v) is 8.32. The van der Waals surface area contributed by atoms with Crippen LogP contribution in [-0.2, 0) is 4.79 Å². The molecule has 33 heavy (non-hydrogen) atoms. The monoisotopic (exact) mass is 478 g/mol. The predicted octanol–water partition coefficient (Wildman–Crippen LogP) is 1.82. The number of hydrogen-bond donors (Lipinski definition) is 3. The average Bonchev–Trinajstić information content (AvgIpc) is 2.73. The van der Waals surface area contributed by atoms with Crippen LogP contribution in [-0.4, -0.2) is 72.8 Å². The summed E-state index contributed by atoms with van der Waals surface area (Å²) in [6.07, 6.45) is -0.130. The number of rotatable bonds is 21. The van der Waals surface area contributed by atoms with Crippen LogP contribution >= 0.6 is 0 Å². The van der Waals surface area contributed by atoms with Crippen LogP contribution in [0.2, 0.25) is 0 Å². The molecule has 0 saturated heterocycles. The Morgan fingerprint density at radius 3 is 1.58 bits per heavy atom. The zero-order valence-corrected chi connectivity index (χ0v) is 19.0. The number of hydrogen-bond acceptors (Lipinski definition) is 10. The Hall–Kier alpha value is -2.25. The molecule has 0 fully saturated rings. The fourth-order valence-electron chi connectivity index (χ4n) is 3.74. The Balaban J connectivity index is 4.99. The van der Waals surface area contributed by atoms with E-state index in [1.54, 1.807) is 6.29 Å². The highest BCUT2D eigenvalue weighted by atomic mass is 16.6. The third kappa shape index (κ3) is 12.5. The summed E-state index contributed by atoms with van der Waals surface area (Å²) in [5, 5.41) is 64.6. The topological polar surface area (TPSA) is 207 Å². The van der Waals surface area contributed by atoms with E-state index in [0.29, 0.717) is 6.42 Å². The van der Waals surface area contributed by atoms with Crippen LogP contribution in [0.3, 0.4) is 0 Å². The van der Waals surface area contributed by atoms with E-state index in [4.69, 9.17) is 0 Å². The summed E-state index contributed by atoms with van der Waals surface area (Å²) in [7, 11) is 0. The minimum atomic E-state index is -1.86. The minimum absolute atomic E-state index is 0.0515. The van der Waals surface area contributed by atoms with Gasteiger partial charge in [-0.2, -0.15) is 0 Å². The van der Waals surface area contributed by atoms with E-state index in [1.165, 1.54) is 0 Å². The van der Waals surface area contributed by atoms with Crippen molar-refractivity contribution in [2.75, 3.05) is 0 Å². The molecule has 0 aromatic rings. The number of nitro groups is 3. The van der Waals surface area contributed by atoms with Gasteiger partial charge in [0.25, 0.3) is 0 Å². The lowest BCUT2D eigenvalue weighted by molar-refractivity contribution is -0.556. The van der Waals surface area contributed by atoms with Gasteiger partial charge in [0.15, 0.2) is 6.29 Å². The van der Waals surface area contributed by atoms with Crippen molar-refractivity contribution in [1.82, 2.24) is 0 Å². The van der Waals surface area contributed by atoms with Crippen molar-refractivity contribution < 1.29 is 34.9 Å². The van der Waals surface area contributed by atoms with Gasteiger partial charge in [-0.15, -0.1) is 0 Å². The molecular weight excluding hydrogens is 442 g/mol. The van der Waals surface area contributed by atoms with Crippen molar-refractivity contribution in [2.45, 2.75) is 120 Å². The van der Waals surface area contributed by atoms with Crippen molar-refractivity contribution in [3.05, 3.63) is 30.3 Å². The van der Waals surface area contributed by atoms with E-state index in [-0.39, 0.29) is 25.7 Å². The molecule has 0 aliphatic rings. The van der Waals surface area contributed by atoms with Gasteiger partial charge in [0.1, 0.15) is 18.3 Å². The van der Waals surface area contributed by atoms with Crippen molar-refractivity contribution in [3.63, 3.8) is 0 Å². The molecule has 6 atom stereocenters. The molecule has 0 rings (SSSR count). The van der Waals surface area contributed by atoms with Crippen molar-refractivity contribution in [2.24, 2.45) is 0 Å². The maximum Gasteiger partial charge on any atom is 0.241 e. The Morgan fingerprint density at radius 1 is 0.667 bits per heavy atom. The molecule has 0 amide bonds. The Morgan fingerprint density at radius 2 is 1.09 bits per heavy atom. The zero-order chi connectivity index (χ0) is 25.4. The van der Waals surface area contributed by atoms with Crippen LogP contribution in [0.1, 0.15) is 84.0 Å². The molecule has 0 aromatic carbocycles. The number of aliphatic hydroxyl groups is 3. The Bertz CT molecular complexity index is 607. The van der Waals surface area contributed by atoms with E-state index >= 15 is 0 Å². The largest absolute Gasteiger partial charge is 0.386 e. The maximum atomic E-state index is 11.4. The summed E-state index contributed by atoms with van der Waals surface area (Å²) in [6, 6.07) is -4.86. The predicted molar refractivity (Wildman–Crippen MR) is 117 cm³/mol. The van der Waals surface area contributed by atoms with Crippen molar-refractivity contribution in [3.8, 4) is 0 Å². The second kappa shape index (κ2) is 17.3. The Labute approximate surface area is 192 Å². The van der Waals surface area contributed by atoms with E-state index in [0.717, 1.165) is 32.1 Å². The first kappa shape index (κ1) is 30.8. The van der Waals surface area contributed by atoms with E-state index in [1.807, 2.05) is 0 Å². The van der Waals surface area contributed by atoms with Gasteiger partial charge in [0, 0.05) is 40.5 Å². The van der Waals surface area contributed by atoms with Crippen LogP contribution < -0.4 is 0 Å². The fraction of sp³-hybridized carbons (Fsp3) is 0.950. The average molecular weight is 479 g/mol. The highest BCUT2D eigenvalue weighted by Crippen LogP contribution is 2.21. The highest BCUT2D eigenvalue weighted by Gasteiger charge is 2.41. The molecule has 13 nitrogen and oxygen atoms in total. The molecular formula is C20H36N3O10. The normalized spacial score (nSPS) is 16.8. The molecule has 1 radical (unpaired) electrons.